The van der Waals surface area contributed by atoms with Crippen molar-refractivity contribution in [1.82, 2.24) is 30.1 Å². The Hall–Kier alpha value is -4.35. The van der Waals surface area contributed by atoms with Crippen molar-refractivity contribution >= 4 is 29.5 Å². The average molecular weight is 523 g/mol. The molecule has 4 rings (SSSR count). The largest absolute Gasteiger partial charge is 0.454 e. The first-order valence-electron chi connectivity index (χ1n) is 11.2. The van der Waals surface area contributed by atoms with Gasteiger partial charge in [0, 0.05) is 42.1 Å². The van der Waals surface area contributed by atoms with E-state index < -0.39 is 11.8 Å². The van der Waals surface area contributed by atoms with E-state index in [0.717, 1.165) is 18.2 Å². The van der Waals surface area contributed by atoms with E-state index in [-0.39, 0.29) is 11.4 Å². The molecule has 0 atom stereocenters. The first-order valence-corrected chi connectivity index (χ1v) is 11.6. The molecule has 4 aromatic rings. The summed E-state index contributed by atoms with van der Waals surface area (Å²) in [6, 6.07) is 13.6. The van der Waals surface area contributed by atoms with Crippen LogP contribution >= 0.6 is 11.6 Å². The summed E-state index contributed by atoms with van der Waals surface area (Å²) >= 11 is 5.83. The molecule has 12 heteroatoms. The van der Waals surface area contributed by atoms with E-state index in [4.69, 9.17) is 16.3 Å². The van der Waals surface area contributed by atoms with Gasteiger partial charge in [0.25, 0.3) is 0 Å². The number of nitrogens with one attached hydrogen (secondary N) is 2. The molecule has 0 saturated carbocycles. The van der Waals surface area contributed by atoms with Crippen LogP contribution in [0.1, 0.15) is 5.56 Å². The number of hydrazone groups is 1. The van der Waals surface area contributed by atoms with Gasteiger partial charge in [0.05, 0.1) is 6.21 Å². The van der Waals surface area contributed by atoms with Crippen molar-refractivity contribution in [3.63, 3.8) is 0 Å². The third-order valence-corrected chi connectivity index (χ3v) is 5.28. The van der Waals surface area contributed by atoms with Gasteiger partial charge in [-0.2, -0.15) is 5.10 Å². The van der Waals surface area contributed by atoms with E-state index in [1.165, 1.54) is 18.3 Å². The minimum absolute atomic E-state index is 0.0158. The Bertz CT molecular complexity index is 1390. The Morgan fingerprint density at radius 3 is 2.76 bits per heavy atom. The summed E-state index contributed by atoms with van der Waals surface area (Å²) in [5.74, 6) is 0.283. The molecule has 2 N–H and O–H groups in total. The SMILES string of the molecule is CN(C)CCn1cnnc1-c1cc(Oc2ccc(NC(=O)N/N=C/c3ccc(Cl)cc3)cc2F)ccn1. The summed E-state index contributed by atoms with van der Waals surface area (Å²) in [6.45, 7) is 1.49. The second-order valence-electron chi connectivity index (χ2n) is 8.15. The number of nitrogens with zero attached hydrogens (tertiary/aromatic N) is 6. The topological polar surface area (TPSA) is 110 Å². The maximum absolute atomic E-state index is 14.7. The van der Waals surface area contributed by atoms with Crippen LogP contribution in [0.2, 0.25) is 5.02 Å². The fraction of sp³-hybridized carbons (Fsp3) is 0.160. The summed E-state index contributed by atoms with van der Waals surface area (Å²) in [7, 11) is 3.96. The maximum Gasteiger partial charge on any atom is 0.339 e. The lowest BCUT2D eigenvalue weighted by Gasteiger charge is -2.12. The Balaban J connectivity index is 1.37. The van der Waals surface area contributed by atoms with Gasteiger partial charge in [0.15, 0.2) is 17.4 Å². The summed E-state index contributed by atoms with van der Waals surface area (Å²) in [5.41, 5.74) is 3.85. The summed E-state index contributed by atoms with van der Waals surface area (Å²) in [4.78, 5) is 18.5. The third kappa shape index (κ3) is 7.32. The van der Waals surface area contributed by atoms with Crippen molar-refractivity contribution in [2.45, 2.75) is 6.54 Å². The lowest BCUT2D eigenvalue weighted by Crippen LogP contribution is -2.24. The molecule has 2 aromatic carbocycles. The normalized spacial score (nSPS) is 11.2. The number of rotatable bonds is 9. The first-order chi connectivity index (χ1) is 17.9. The van der Waals surface area contributed by atoms with Gasteiger partial charge < -0.3 is 19.5 Å². The number of benzene rings is 2. The lowest BCUT2D eigenvalue weighted by molar-refractivity contribution is 0.252. The van der Waals surface area contributed by atoms with Crippen LogP contribution in [-0.4, -0.2) is 57.5 Å². The predicted molar refractivity (Wildman–Crippen MR) is 139 cm³/mol. The van der Waals surface area contributed by atoms with Gasteiger partial charge in [0.2, 0.25) is 0 Å². The predicted octanol–water partition coefficient (Wildman–Crippen LogP) is 4.64. The molecule has 37 heavy (non-hydrogen) atoms. The van der Waals surface area contributed by atoms with E-state index in [2.05, 4.69) is 35.9 Å². The third-order valence-electron chi connectivity index (χ3n) is 5.03. The smallest absolute Gasteiger partial charge is 0.339 e. The van der Waals surface area contributed by atoms with Gasteiger partial charge in [-0.3, -0.25) is 4.98 Å². The lowest BCUT2D eigenvalue weighted by atomic mass is 10.2. The monoisotopic (exact) mass is 522 g/mol. The number of aromatic nitrogens is 4. The molecule has 10 nitrogen and oxygen atoms in total. The zero-order valence-corrected chi connectivity index (χ0v) is 20.9. The summed E-state index contributed by atoms with van der Waals surface area (Å²) in [5, 5.41) is 15.1. The van der Waals surface area contributed by atoms with E-state index in [9.17, 15) is 9.18 Å². The van der Waals surface area contributed by atoms with Crippen molar-refractivity contribution < 1.29 is 13.9 Å². The number of ether oxygens (including phenoxy) is 1. The van der Waals surface area contributed by atoms with Crippen LogP contribution in [0.15, 0.2) is 72.2 Å². The van der Waals surface area contributed by atoms with E-state index in [0.29, 0.717) is 28.8 Å². The van der Waals surface area contributed by atoms with Crippen LogP contribution in [0.25, 0.3) is 11.5 Å². The highest BCUT2D eigenvalue weighted by atomic mass is 35.5. The average Bonchev–Trinajstić information content (AvgIpc) is 3.35. The Labute approximate surface area is 217 Å². The zero-order valence-electron chi connectivity index (χ0n) is 20.1. The molecule has 2 heterocycles. The number of pyridine rings is 1. The molecule has 190 valence electrons. The number of halogens is 2. The molecule has 2 amide bonds. The second-order valence-corrected chi connectivity index (χ2v) is 8.59. The van der Waals surface area contributed by atoms with E-state index >= 15 is 0 Å². The fourth-order valence-electron chi connectivity index (χ4n) is 3.18. The summed E-state index contributed by atoms with van der Waals surface area (Å²) in [6.07, 6.45) is 4.65. The Kier molecular flexibility index (Phi) is 8.39. The minimum atomic E-state index is -0.657. The van der Waals surface area contributed by atoms with Crippen LogP contribution in [0.4, 0.5) is 14.9 Å². The first kappa shape index (κ1) is 25.7. The molecular formula is C25H24ClFN8O2. The van der Waals surface area contributed by atoms with Gasteiger partial charge in [-0.1, -0.05) is 23.7 Å². The standard InChI is InChI=1S/C25H24ClFN8O2/c1-34(2)11-12-35-16-30-32-24(35)22-14-20(9-10-28-22)37-23-8-7-19(13-21(23)27)31-25(36)33-29-15-17-3-5-18(26)6-4-17/h3-10,13-16H,11-12H2,1-2H3,(H2,31,33,36)/b29-15+. The van der Waals surface area contributed by atoms with E-state index in [1.807, 2.05) is 18.7 Å². The maximum atomic E-state index is 14.7. The highest BCUT2D eigenvalue weighted by molar-refractivity contribution is 6.30. The molecule has 0 aliphatic carbocycles. The van der Waals surface area contributed by atoms with Gasteiger partial charge >= 0.3 is 6.03 Å². The van der Waals surface area contributed by atoms with Crippen LogP contribution in [-0.2, 0) is 6.54 Å². The van der Waals surface area contributed by atoms with Gasteiger partial charge in [-0.05, 0) is 50.0 Å². The highest BCUT2D eigenvalue weighted by Gasteiger charge is 2.12. The Morgan fingerprint density at radius 2 is 2.00 bits per heavy atom. The van der Waals surface area contributed by atoms with Gasteiger partial charge in [-0.15, -0.1) is 10.2 Å². The number of carbonyl (C=O) groups is 1. The van der Waals surface area contributed by atoms with Crippen LogP contribution in [0.5, 0.6) is 11.5 Å². The second kappa shape index (κ2) is 12.1. The number of hydrogen-bond donors (Lipinski definition) is 2. The zero-order chi connectivity index (χ0) is 26.2. The van der Waals surface area contributed by atoms with Crippen molar-refractivity contribution in [2.24, 2.45) is 5.10 Å². The molecule has 0 unspecified atom stereocenters. The van der Waals surface area contributed by atoms with Gasteiger partial charge in [-0.25, -0.2) is 14.6 Å². The molecule has 0 aliphatic rings. The highest BCUT2D eigenvalue weighted by Crippen LogP contribution is 2.28. The van der Waals surface area contributed by atoms with Crippen LogP contribution in [0, 0.1) is 5.82 Å². The quantitative estimate of drug-likeness (QED) is 0.245. The van der Waals surface area contributed by atoms with Gasteiger partial charge in [0.1, 0.15) is 17.8 Å². The fourth-order valence-corrected chi connectivity index (χ4v) is 3.31. The van der Waals surface area contributed by atoms with Crippen LogP contribution in [0.3, 0.4) is 0 Å². The number of likely N-dealkylation sites (N-methyl/N-ethyl adjacent to an activating group) is 1. The molecule has 0 bridgehead atoms. The molecule has 0 aliphatic heterocycles. The number of carbonyl (C=O) groups excluding carboxylic acids is 1. The number of urea groups is 1. The molecule has 2 aromatic heterocycles. The molecule has 0 fully saturated rings. The number of anilines is 1. The number of hydrogen-bond acceptors (Lipinski definition) is 7. The van der Waals surface area contributed by atoms with E-state index in [1.54, 1.807) is 48.9 Å². The molecule has 0 saturated heterocycles. The minimum Gasteiger partial charge on any atom is -0.454 e. The van der Waals surface area contributed by atoms with Crippen molar-refractivity contribution in [3.05, 3.63) is 83.5 Å². The number of amides is 2. The Morgan fingerprint density at radius 1 is 1.19 bits per heavy atom. The van der Waals surface area contributed by atoms with Crippen molar-refractivity contribution in [3.8, 4) is 23.0 Å². The molecule has 0 spiro atoms. The van der Waals surface area contributed by atoms with Crippen molar-refractivity contribution in [1.29, 1.82) is 0 Å². The van der Waals surface area contributed by atoms with Crippen LogP contribution < -0.4 is 15.5 Å². The van der Waals surface area contributed by atoms with Crippen molar-refractivity contribution in [2.75, 3.05) is 26.0 Å². The summed E-state index contributed by atoms with van der Waals surface area (Å²) < 4.78 is 22.3. The molecular weight excluding hydrogens is 499 g/mol. The molecule has 0 radical (unpaired) electrons.